The minimum Gasteiger partial charge on any atom is -0.481 e. The number of carbonyl (C=O) groups excluding carboxylic acids is 2. The van der Waals surface area contributed by atoms with Crippen LogP contribution in [0.1, 0.15) is 36.8 Å². The predicted octanol–water partition coefficient (Wildman–Crippen LogP) is 3.01. The van der Waals surface area contributed by atoms with Crippen LogP contribution in [0.15, 0.2) is 48.5 Å². The van der Waals surface area contributed by atoms with E-state index in [-0.39, 0.29) is 38.0 Å². The maximum atomic E-state index is 12.9. The monoisotopic (exact) mass is 452 g/mol. The molecule has 2 atom stereocenters. The van der Waals surface area contributed by atoms with Crippen LogP contribution in [-0.4, -0.2) is 66.4 Å². The van der Waals surface area contributed by atoms with E-state index in [2.05, 4.69) is 17.4 Å². The fraction of sp³-hybridized carbons (Fsp3) is 0.400. The zero-order valence-electron chi connectivity index (χ0n) is 18.5. The summed E-state index contributed by atoms with van der Waals surface area (Å²) in [5, 5.41) is 11.7. The number of amides is 2. The quantitative estimate of drug-likeness (QED) is 0.669. The molecule has 1 aliphatic carbocycles. The topological polar surface area (TPSA) is 105 Å². The van der Waals surface area contributed by atoms with Crippen molar-refractivity contribution in [2.45, 2.75) is 37.8 Å². The number of carboxylic acid groups (broad SMARTS) is 1. The predicted molar refractivity (Wildman–Crippen MR) is 121 cm³/mol. The average molecular weight is 453 g/mol. The van der Waals surface area contributed by atoms with Crippen LogP contribution in [0.4, 0.5) is 4.79 Å². The molecule has 0 aromatic heterocycles. The Morgan fingerprint density at radius 2 is 1.76 bits per heavy atom. The summed E-state index contributed by atoms with van der Waals surface area (Å²) in [6, 6.07) is 15.4. The van der Waals surface area contributed by atoms with Crippen LogP contribution in [-0.2, 0) is 19.1 Å². The minimum atomic E-state index is -0.974. The molecule has 33 heavy (non-hydrogen) atoms. The molecular weight excluding hydrogens is 424 g/mol. The van der Waals surface area contributed by atoms with Gasteiger partial charge in [-0.05, 0) is 28.7 Å². The number of morpholine rings is 1. The molecule has 0 saturated carbocycles. The fourth-order valence-corrected chi connectivity index (χ4v) is 4.58. The van der Waals surface area contributed by atoms with Gasteiger partial charge in [0.1, 0.15) is 12.6 Å². The molecule has 1 aliphatic heterocycles. The molecule has 0 spiro atoms. The summed E-state index contributed by atoms with van der Waals surface area (Å²) in [5.41, 5.74) is 4.53. The summed E-state index contributed by atoms with van der Waals surface area (Å²) in [7, 11) is 0. The van der Waals surface area contributed by atoms with Crippen molar-refractivity contribution in [3.63, 3.8) is 0 Å². The highest BCUT2D eigenvalue weighted by Crippen LogP contribution is 2.44. The summed E-state index contributed by atoms with van der Waals surface area (Å²) >= 11 is 0. The molecule has 1 heterocycles. The number of ether oxygens (including phenoxy) is 2. The van der Waals surface area contributed by atoms with E-state index in [1.165, 1.54) is 0 Å². The number of carbonyl (C=O) groups is 3. The van der Waals surface area contributed by atoms with Crippen molar-refractivity contribution >= 4 is 18.0 Å². The Balaban J connectivity index is 1.36. The Bertz CT molecular complexity index is 994. The van der Waals surface area contributed by atoms with Crippen molar-refractivity contribution in [3.05, 3.63) is 59.7 Å². The molecule has 8 nitrogen and oxygen atoms in total. The number of benzene rings is 2. The van der Waals surface area contributed by atoms with Crippen molar-refractivity contribution in [2.24, 2.45) is 0 Å². The highest BCUT2D eigenvalue weighted by molar-refractivity contribution is 5.86. The largest absolute Gasteiger partial charge is 0.481 e. The molecule has 2 aromatic rings. The van der Waals surface area contributed by atoms with E-state index in [1.807, 2.05) is 43.3 Å². The first-order chi connectivity index (χ1) is 16.0. The van der Waals surface area contributed by atoms with E-state index < -0.39 is 24.2 Å². The Kier molecular flexibility index (Phi) is 6.93. The zero-order chi connectivity index (χ0) is 23.4. The summed E-state index contributed by atoms with van der Waals surface area (Å²) in [6.45, 7) is 2.79. The van der Waals surface area contributed by atoms with Crippen LogP contribution in [0.2, 0.25) is 0 Å². The van der Waals surface area contributed by atoms with Gasteiger partial charge >= 0.3 is 12.1 Å². The number of aliphatic carboxylic acids is 1. The summed E-state index contributed by atoms with van der Waals surface area (Å²) < 4.78 is 11.0. The number of hydrogen-bond acceptors (Lipinski definition) is 5. The van der Waals surface area contributed by atoms with Gasteiger partial charge in [0, 0.05) is 19.0 Å². The van der Waals surface area contributed by atoms with Crippen LogP contribution in [0.3, 0.4) is 0 Å². The minimum absolute atomic E-state index is 0.0602. The molecule has 1 saturated heterocycles. The van der Waals surface area contributed by atoms with Gasteiger partial charge in [-0.3, -0.25) is 9.59 Å². The number of hydrogen-bond donors (Lipinski definition) is 2. The highest BCUT2D eigenvalue weighted by Gasteiger charge is 2.32. The van der Waals surface area contributed by atoms with Crippen molar-refractivity contribution < 1.29 is 29.0 Å². The average Bonchev–Trinajstić information content (AvgIpc) is 3.14. The Labute approximate surface area is 192 Å². The maximum Gasteiger partial charge on any atom is 0.407 e. The van der Waals surface area contributed by atoms with E-state index in [1.54, 1.807) is 4.90 Å². The highest BCUT2D eigenvalue weighted by atomic mass is 16.5. The third-order valence-corrected chi connectivity index (χ3v) is 6.19. The Hall–Kier alpha value is -3.39. The van der Waals surface area contributed by atoms with Gasteiger partial charge in [0.05, 0.1) is 19.1 Å². The molecule has 2 N–H and O–H groups in total. The lowest BCUT2D eigenvalue weighted by molar-refractivity contribution is -0.148. The van der Waals surface area contributed by atoms with Crippen LogP contribution in [0.25, 0.3) is 11.1 Å². The fourth-order valence-electron chi connectivity index (χ4n) is 4.58. The van der Waals surface area contributed by atoms with Gasteiger partial charge in [-0.2, -0.15) is 0 Å². The lowest BCUT2D eigenvalue weighted by Gasteiger charge is -2.34. The van der Waals surface area contributed by atoms with E-state index >= 15 is 0 Å². The first kappa shape index (κ1) is 22.8. The summed E-state index contributed by atoms with van der Waals surface area (Å²) in [6.07, 6.45) is -0.968. The Morgan fingerprint density at radius 3 is 2.36 bits per heavy atom. The second-order valence-corrected chi connectivity index (χ2v) is 8.31. The second-order valence-electron chi connectivity index (χ2n) is 8.31. The van der Waals surface area contributed by atoms with Crippen LogP contribution in [0, 0.1) is 0 Å². The molecule has 4 rings (SSSR count). The van der Waals surface area contributed by atoms with E-state index in [0.29, 0.717) is 13.0 Å². The van der Waals surface area contributed by atoms with Gasteiger partial charge in [0.25, 0.3) is 0 Å². The van der Waals surface area contributed by atoms with Crippen molar-refractivity contribution in [1.82, 2.24) is 10.2 Å². The number of carboxylic acids is 1. The van der Waals surface area contributed by atoms with Crippen LogP contribution >= 0.6 is 0 Å². The number of nitrogens with one attached hydrogen (secondary N) is 1. The van der Waals surface area contributed by atoms with Gasteiger partial charge in [0.15, 0.2) is 0 Å². The molecule has 0 bridgehead atoms. The maximum absolute atomic E-state index is 12.9. The first-order valence-corrected chi connectivity index (χ1v) is 11.2. The number of fused-ring (bicyclic) bond motifs is 3. The molecule has 2 amide bonds. The van der Waals surface area contributed by atoms with E-state index in [0.717, 1.165) is 22.3 Å². The SMILES string of the molecule is CC[C@H](NC(=O)OCC1c2ccccc2-c2ccccc21)C(=O)N1CCOC(CC(=O)O)C1. The van der Waals surface area contributed by atoms with Crippen molar-refractivity contribution in [2.75, 3.05) is 26.3 Å². The lowest BCUT2D eigenvalue weighted by atomic mass is 9.98. The molecule has 1 fully saturated rings. The molecule has 2 aromatic carbocycles. The van der Waals surface area contributed by atoms with Crippen molar-refractivity contribution in [1.29, 1.82) is 0 Å². The third-order valence-electron chi connectivity index (χ3n) is 6.19. The van der Waals surface area contributed by atoms with Crippen LogP contribution in [0.5, 0.6) is 0 Å². The molecule has 1 unspecified atom stereocenters. The van der Waals surface area contributed by atoms with Gasteiger partial charge in [0.2, 0.25) is 5.91 Å². The van der Waals surface area contributed by atoms with Gasteiger partial charge in [-0.15, -0.1) is 0 Å². The van der Waals surface area contributed by atoms with E-state index in [4.69, 9.17) is 14.6 Å². The van der Waals surface area contributed by atoms with Crippen LogP contribution < -0.4 is 5.32 Å². The molecule has 0 radical (unpaired) electrons. The molecular formula is C25H28N2O6. The van der Waals surface area contributed by atoms with Gasteiger partial charge < -0.3 is 24.8 Å². The van der Waals surface area contributed by atoms with E-state index in [9.17, 15) is 14.4 Å². The molecule has 2 aliphatic rings. The number of nitrogens with zero attached hydrogens (tertiary/aromatic N) is 1. The summed E-state index contributed by atoms with van der Waals surface area (Å²) in [5.74, 6) is -1.29. The lowest BCUT2D eigenvalue weighted by Crippen LogP contribution is -2.53. The van der Waals surface area contributed by atoms with Crippen molar-refractivity contribution in [3.8, 4) is 11.1 Å². The standard InChI is InChI=1S/C25H28N2O6/c1-2-22(24(30)27-11-12-32-16(14-27)13-23(28)29)26-25(31)33-15-21-19-9-5-3-7-17(19)18-8-4-6-10-20(18)21/h3-10,16,21-22H,2,11-15H2,1H3,(H,26,31)(H,28,29)/t16?,22-/m0/s1. The normalized spacial score (nSPS) is 18.2. The smallest absolute Gasteiger partial charge is 0.407 e. The molecule has 174 valence electrons. The third kappa shape index (κ3) is 5.01. The zero-order valence-corrected chi connectivity index (χ0v) is 18.5. The van der Waals surface area contributed by atoms with Gasteiger partial charge in [-0.1, -0.05) is 55.5 Å². The summed E-state index contributed by atoms with van der Waals surface area (Å²) in [4.78, 5) is 38.0. The first-order valence-electron chi connectivity index (χ1n) is 11.2. The van der Waals surface area contributed by atoms with Gasteiger partial charge in [-0.25, -0.2) is 4.79 Å². The second kappa shape index (κ2) is 10.0. The Morgan fingerprint density at radius 1 is 1.12 bits per heavy atom. The number of rotatable bonds is 7. The number of alkyl carbamates (subject to hydrolysis) is 1. The molecule has 8 heteroatoms.